The quantitative estimate of drug-likeness (QED) is 0.318. The van der Waals surface area contributed by atoms with E-state index < -0.39 is 35.1 Å². The molecule has 3 N–H and O–H groups in total. The number of hydrogen-bond acceptors (Lipinski definition) is 3. The number of benzene rings is 3. The van der Waals surface area contributed by atoms with E-state index in [-0.39, 0.29) is 34.9 Å². The van der Waals surface area contributed by atoms with Crippen LogP contribution in [0.25, 0.3) is 0 Å². The number of amides is 1. The molecule has 3 rings (SSSR count). The molecule has 0 bridgehead atoms. The van der Waals surface area contributed by atoms with Gasteiger partial charge in [-0.3, -0.25) is 4.79 Å². The van der Waals surface area contributed by atoms with Crippen molar-refractivity contribution in [2.45, 2.75) is 18.8 Å². The van der Waals surface area contributed by atoms with Crippen molar-refractivity contribution in [1.29, 1.82) is 0 Å². The average molecular weight is 503 g/mol. The van der Waals surface area contributed by atoms with Crippen LogP contribution in [-0.4, -0.2) is 17.6 Å². The highest BCUT2D eigenvalue weighted by molar-refractivity contribution is 6.31. The first-order valence-corrected chi connectivity index (χ1v) is 10.1. The van der Waals surface area contributed by atoms with Crippen molar-refractivity contribution in [1.82, 2.24) is 0 Å². The van der Waals surface area contributed by atoms with Gasteiger partial charge >= 0.3 is 12.4 Å². The van der Waals surface area contributed by atoms with Gasteiger partial charge in [0, 0.05) is 22.9 Å². The lowest BCUT2D eigenvalue weighted by atomic mass is 10.1. The lowest BCUT2D eigenvalue weighted by Crippen LogP contribution is -2.16. The zero-order valence-electron chi connectivity index (χ0n) is 17.2. The Morgan fingerprint density at radius 1 is 0.912 bits per heavy atom. The molecule has 11 heteroatoms. The fourth-order valence-corrected chi connectivity index (χ4v) is 3.32. The molecule has 0 saturated carbocycles. The van der Waals surface area contributed by atoms with Crippen LogP contribution in [0.15, 0.2) is 60.7 Å². The van der Waals surface area contributed by atoms with Crippen molar-refractivity contribution in [3.63, 3.8) is 0 Å². The van der Waals surface area contributed by atoms with Gasteiger partial charge in [0.25, 0.3) is 5.91 Å². The van der Waals surface area contributed by atoms with Crippen LogP contribution >= 0.6 is 11.6 Å². The Labute approximate surface area is 195 Å². The van der Waals surface area contributed by atoms with E-state index >= 15 is 0 Å². The molecule has 0 aliphatic carbocycles. The van der Waals surface area contributed by atoms with Crippen LogP contribution in [0.3, 0.4) is 0 Å². The number of carbonyl (C=O) groups excluding carboxylic acids is 1. The van der Waals surface area contributed by atoms with Crippen LogP contribution in [0.2, 0.25) is 5.02 Å². The maximum absolute atomic E-state index is 13.6. The molecule has 0 aliphatic rings. The number of anilines is 2. The van der Waals surface area contributed by atoms with Gasteiger partial charge in [-0.05, 0) is 54.4 Å². The Bertz CT molecular complexity index is 1190. The van der Waals surface area contributed by atoms with Gasteiger partial charge in [0.2, 0.25) is 0 Å². The molecular formula is C23H17ClF6N2O2. The summed E-state index contributed by atoms with van der Waals surface area (Å²) in [7, 11) is 0. The van der Waals surface area contributed by atoms with Crippen LogP contribution in [0, 0.1) is 0 Å². The topological polar surface area (TPSA) is 61.4 Å². The number of alkyl halides is 6. The highest BCUT2D eigenvalue weighted by Gasteiger charge is 2.34. The molecular weight excluding hydrogens is 486 g/mol. The first kappa shape index (κ1) is 25.2. The lowest BCUT2D eigenvalue weighted by molar-refractivity contribution is -0.138. The lowest BCUT2D eigenvalue weighted by Gasteiger charge is -2.17. The van der Waals surface area contributed by atoms with Crippen LogP contribution in [0.5, 0.6) is 5.75 Å². The van der Waals surface area contributed by atoms with Crippen molar-refractivity contribution in [2.75, 3.05) is 17.2 Å². The number of phenolic OH excluding ortho intramolecular Hbond substituents is 1. The average Bonchev–Trinajstić information content (AvgIpc) is 2.75. The Balaban J connectivity index is 1.75. The fourth-order valence-electron chi connectivity index (χ4n) is 3.14. The summed E-state index contributed by atoms with van der Waals surface area (Å²) in [5.74, 6) is -1.26. The molecule has 4 nitrogen and oxygen atoms in total. The van der Waals surface area contributed by atoms with Gasteiger partial charge < -0.3 is 15.7 Å². The van der Waals surface area contributed by atoms with Crippen LogP contribution < -0.4 is 10.6 Å². The molecule has 3 aromatic rings. The predicted molar refractivity (Wildman–Crippen MR) is 116 cm³/mol. The standard InChI is InChI=1S/C23H17ClF6N2O2/c24-15-4-7-20(33)17(11-15)21(34)32-16-5-6-19(18(12-16)23(28,29)30)31-9-8-13-2-1-3-14(10-13)22(25,26)27/h1-7,10-12,31,33H,8-9H2,(H,32,34). The van der Waals surface area contributed by atoms with Crippen molar-refractivity contribution in [3.05, 3.63) is 87.9 Å². The molecule has 0 unspecified atom stereocenters. The largest absolute Gasteiger partial charge is 0.507 e. The van der Waals surface area contributed by atoms with E-state index in [0.29, 0.717) is 11.6 Å². The summed E-state index contributed by atoms with van der Waals surface area (Å²) in [5, 5.41) is 14.8. The summed E-state index contributed by atoms with van der Waals surface area (Å²) in [6, 6.07) is 11.3. The molecule has 3 aromatic carbocycles. The van der Waals surface area contributed by atoms with Crippen LogP contribution in [-0.2, 0) is 18.8 Å². The highest BCUT2D eigenvalue weighted by atomic mass is 35.5. The van der Waals surface area contributed by atoms with Gasteiger partial charge in [-0.15, -0.1) is 0 Å². The third kappa shape index (κ3) is 6.34. The van der Waals surface area contributed by atoms with E-state index in [1.807, 2.05) is 0 Å². The third-order valence-electron chi connectivity index (χ3n) is 4.77. The zero-order valence-corrected chi connectivity index (χ0v) is 17.9. The second kappa shape index (κ2) is 9.84. The predicted octanol–water partition coefficient (Wildman–Crippen LogP) is 6.99. The zero-order chi connectivity index (χ0) is 25.1. The number of aromatic hydroxyl groups is 1. The number of nitrogens with one attached hydrogen (secondary N) is 2. The van der Waals surface area contributed by atoms with E-state index in [4.69, 9.17) is 11.6 Å². The van der Waals surface area contributed by atoms with Gasteiger partial charge in [0.1, 0.15) is 5.75 Å². The summed E-state index contributed by atoms with van der Waals surface area (Å²) >= 11 is 5.79. The van der Waals surface area contributed by atoms with E-state index in [1.54, 1.807) is 0 Å². The van der Waals surface area contributed by atoms with E-state index in [2.05, 4.69) is 10.6 Å². The minimum atomic E-state index is -4.78. The minimum Gasteiger partial charge on any atom is -0.507 e. The van der Waals surface area contributed by atoms with Gasteiger partial charge in [0.05, 0.1) is 16.7 Å². The molecule has 34 heavy (non-hydrogen) atoms. The number of phenols is 1. The van der Waals surface area contributed by atoms with E-state index in [9.17, 15) is 36.2 Å². The van der Waals surface area contributed by atoms with Gasteiger partial charge in [-0.1, -0.05) is 29.8 Å². The third-order valence-corrected chi connectivity index (χ3v) is 5.00. The van der Waals surface area contributed by atoms with Crippen LogP contribution in [0.4, 0.5) is 37.7 Å². The number of halogens is 7. The summed E-state index contributed by atoms with van der Waals surface area (Å²) in [6.07, 6.45) is -9.25. The Morgan fingerprint density at radius 2 is 1.65 bits per heavy atom. The molecule has 0 saturated heterocycles. The molecule has 0 aromatic heterocycles. The first-order chi connectivity index (χ1) is 15.8. The van der Waals surface area contributed by atoms with Gasteiger partial charge in [0.15, 0.2) is 0 Å². The van der Waals surface area contributed by atoms with Gasteiger partial charge in [-0.2, -0.15) is 26.3 Å². The number of carbonyl (C=O) groups is 1. The Hall–Kier alpha value is -3.40. The summed E-state index contributed by atoms with van der Waals surface area (Å²) in [5.41, 5.74) is -2.31. The van der Waals surface area contributed by atoms with Gasteiger partial charge in [-0.25, -0.2) is 0 Å². The fraction of sp³-hybridized carbons (Fsp3) is 0.174. The monoisotopic (exact) mass is 502 g/mol. The second-order valence-corrected chi connectivity index (χ2v) is 7.69. The molecule has 0 aliphatic heterocycles. The summed E-state index contributed by atoms with van der Waals surface area (Å²) in [4.78, 5) is 12.4. The molecule has 1 amide bonds. The highest BCUT2D eigenvalue weighted by Crippen LogP contribution is 2.37. The smallest absolute Gasteiger partial charge is 0.418 e. The van der Waals surface area contributed by atoms with Crippen molar-refractivity contribution < 1.29 is 36.2 Å². The molecule has 0 atom stereocenters. The maximum atomic E-state index is 13.6. The molecule has 180 valence electrons. The summed E-state index contributed by atoms with van der Waals surface area (Å²) < 4.78 is 79.3. The summed E-state index contributed by atoms with van der Waals surface area (Å²) in [6.45, 7) is -0.0630. The molecule has 0 heterocycles. The van der Waals surface area contributed by atoms with E-state index in [0.717, 1.165) is 18.2 Å². The minimum absolute atomic E-state index is 0.0494. The van der Waals surface area contributed by atoms with Crippen molar-refractivity contribution in [3.8, 4) is 5.75 Å². The number of rotatable bonds is 6. The molecule has 0 fully saturated rings. The van der Waals surface area contributed by atoms with Crippen molar-refractivity contribution in [2.24, 2.45) is 0 Å². The van der Waals surface area contributed by atoms with Crippen LogP contribution in [0.1, 0.15) is 27.0 Å². The SMILES string of the molecule is O=C(Nc1ccc(NCCc2cccc(C(F)(F)F)c2)c(C(F)(F)F)c1)c1cc(Cl)ccc1O. The van der Waals surface area contributed by atoms with Crippen molar-refractivity contribution >= 4 is 28.9 Å². The van der Waals surface area contributed by atoms with E-state index in [1.165, 1.54) is 36.4 Å². The number of hydrogen-bond donors (Lipinski definition) is 3. The Kier molecular flexibility index (Phi) is 7.30. The second-order valence-electron chi connectivity index (χ2n) is 7.25. The first-order valence-electron chi connectivity index (χ1n) is 9.76. The maximum Gasteiger partial charge on any atom is 0.418 e. The molecule has 0 spiro atoms. The normalized spacial score (nSPS) is 11.9. The Morgan fingerprint density at radius 3 is 2.32 bits per heavy atom. The molecule has 0 radical (unpaired) electrons.